The Bertz CT molecular complexity index is 1330. The van der Waals surface area contributed by atoms with Crippen molar-refractivity contribution in [2.24, 2.45) is 0 Å². The zero-order valence-electron chi connectivity index (χ0n) is 19.5. The van der Waals surface area contributed by atoms with E-state index in [1.165, 1.54) is 21.5 Å². The average Bonchev–Trinajstić information content (AvgIpc) is 3.26. The summed E-state index contributed by atoms with van der Waals surface area (Å²) in [5.41, 5.74) is 1.79. The van der Waals surface area contributed by atoms with E-state index in [2.05, 4.69) is 15.1 Å². The minimum absolute atomic E-state index is 0.0388. The molecule has 1 aliphatic heterocycles. The van der Waals surface area contributed by atoms with Gasteiger partial charge in [-0.3, -0.25) is 9.59 Å². The number of ether oxygens (including phenoxy) is 1. The first kappa shape index (κ1) is 23.6. The number of nitrogens with zero attached hydrogens (tertiary/aromatic N) is 6. The number of fused-ring (bicyclic) bond motifs is 1. The Morgan fingerprint density at radius 2 is 1.89 bits per heavy atom. The number of halogens is 1. The molecule has 0 N–H and O–H groups in total. The Morgan fingerprint density at radius 1 is 1.06 bits per heavy atom. The van der Waals surface area contributed by atoms with E-state index in [1.54, 1.807) is 35.5 Å². The van der Waals surface area contributed by atoms with Gasteiger partial charge in [0.1, 0.15) is 12.4 Å². The molecule has 10 heteroatoms. The summed E-state index contributed by atoms with van der Waals surface area (Å²) >= 11 is 0. The molecule has 0 spiro atoms. The van der Waals surface area contributed by atoms with Gasteiger partial charge in [-0.25, -0.2) is 13.9 Å². The second kappa shape index (κ2) is 10.6. The lowest BCUT2D eigenvalue weighted by Crippen LogP contribution is -2.40. The lowest BCUT2D eigenvalue weighted by atomic mass is 10.1. The highest BCUT2D eigenvalue weighted by Gasteiger charge is 2.32. The second-order valence-corrected chi connectivity index (χ2v) is 8.62. The molecule has 0 bridgehead atoms. The Hall–Kier alpha value is -4.18. The Kier molecular flexibility index (Phi) is 6.94. The monoisotopic (exact) mass is 488 g/mol. The molecule has 0 radical (unpaired) electrons. The number of hydrogen-bond donors (Lipinski definition) is 0. The quantitative estimate of drug-likeness (QED) is 0.397. The topological polar surface area (TPSA) is 92.9 Å². The fraction of sp³-hybridized carbons (Fsp3) is 0.269. The summed E-state index contributed by atoms with van der Waals surface area (Å²) < 4.78 is 21.1. The van der Waals surface area contributed by atoms with Crippen LogP contribution in [0, 0.1) is 5.82 Å². The maximum atomic E-state index is 13.6. The Labute approximate surface area is 207 Å². The van der Waals surface area contributed by atoms with E-state index in [0.717, 1.165) is 5.56 Å². The molecule has 2 aromatic heterocycles. The minimum Gasteiger partial charge on any atom is -0.370 e. The molecule has 1 fully saturated rings. The molecule has 2 aromatic carbocycles. The SMILES string of the molecule is O=C1CN(C(=O)c2nc3ncccn3n2)C[C@H](OCc2cccc(F)c2)CN1CCc1ccccc1. The van der Waals surface area contributed by atoms with Gasteiger partial charge >= 0.3 is 0 Å². The molecule has 2 amide bonds. The molecule has 4 aromatic rings. The first-order valence-corrected chi connectivity index (χ1v) is 11.7. The number of carbonyl (C=O) groups excluding carboxylic acids is 2. The fourth-order valence-electron chi connectivity index (χ4n) is 4.17. The van der Waals surface area contributed by atoms with Crippen LogP contribution in [0.3, 0.4) is 0 Å². The number of carbonyl (C=O) groups is 2. The van der Waals surface area contributed by atoms with Crippen LogP contribution in [0.1, 0.15) is 21.7 Å². The van der Waals surface area contributed by atoms with Crippen molar-refractivity contribution >= 4 is 17.6 Å². The van der Waals surface area contributed by atoms with E-state index < -0.39 is 12.0 Å². The zero-order chi connectivity index (χ0) is 24.9. The van der Waals surface area contributed by atoms with Gasteiger partial charge in [-0.15, -0.1) is 5.10 Å². The van der Waals surface area contributed by atoms with Crippen LogP contribution in [0.4, 0.5) is 4.39 Å². The van der Waals surface area contributed by atoms with Crippen LogP contribution < -0.4 is 0 Å². The van der Waals surface area contributed by atoms with Gasteiger partial charge in [-0.2, -0.15) is 4.98 Å². The Balaban J connectivity index is 1.34. The summed E-state index contributed by atoms with van der Waals surface area (Å²) in [6.07, 6.45) is 3.41. The van der Waals surface area contributed by atoms with Crippen LogP contribution in [-0.2, 0) is 22.6 Å². The molecule has 1 atom stereocenters. The highest BCUT2D eigenvalue weighted by molar-refractivity contribution is 5.94. The molecule has 184 valence electrons. The van der Waals surface area contributed by atoms with Crippen LogP contribution in [-0.4, -0.2) is 73.5 Å². The van der Waals surface area contributed by atoms with Crippen molar-refractivity contribution < 1.29 is 18.7 Å². The van der Waals surface area contributed by atoms with E-state index in [4.69, 9.17) is 4.74 Å². The van der Waals surface area contributed by atoms with Crippen molar-refractivity contribution in [3.05, 3.63) is 95.8 Å². The number of aromatic nitrogens is 4. The smallest absolute Gasteiger partial charge is 0.294 e. The maximum Gasteiger partial charge on any atom is 0.294 e. The number of benzene rings is 2. The van der Waals surface area contributed by atoms with Crippen LogP contribution in [0.15, 0.2) is 73.1 Å². The van der Waals surface area contributed by atoms with Crippen LogP contribution in [0.5, 0.6) is 0 Å². The van der Waals surface area contributed by atoms with Crippen LogP contribution in [0.2, 0.25) is 0 Å². The highest BCUT2D eigenvalue weighted by Crippen LogP contribution is 2.15. The summed E-state index contributed by atoms with van der Waals surface area (Å²) in [5.74, 6) is -0.746. The van der Waals surface area contributed by atoms with Crippen molar-refractivity contribution in [1.82, 2.24) is 29.4 Å². The van der Waals surface area contributed by atoms with E-state index in [9.17, 15) is 14.0 Å². The van der Waals surface area contributed by atoms with E-state index in [0.29, 0.717) is 30.9 Å². The minimum atomic E-state index is -0.477. The molecular formula is C26H25FN6O3. The van der Waals surface area contributed by atoms with Crippen LogP contribution >= 0.6 is 0 Å². The second-order valence-electron chi connectivity index (χ2n) is 8.62. The molecule has 36 heavy (non-hydrogen) atoms. The van der Waals surface area contributed by atoms with E-state index in [-0.39, 0.29) is 37.2 Å². The molecule has 1 aliphatic rings. The summed E-state index contributed by atoms with van der Waals surface area (Å²) in [6.45, 7) is 1.01. The zero-order valence-corrected chi connectivity index (χ0v) is 19.5. The number of amides is 2. The first-order chi connectivity index (χ1) is 17.5. The molecule has 5 rings (SSSR count). The molecule has 0 unspecified atom stereocenters. The Morgan fingerprint density at radius 3 is 2.69 bits per heavy atom. The van der Waals surface area contributed by atoms with Gasteiger partial charge in [-0.1, -0.05) is 42.5 Å². The van der Waals surface area contributed by atoms with Gasteiger partial charge in [0.05, 0.1) is 12.7 Å². The summed E-state index contributed by atoms with van der Waals surface area (Å²) in [5, 5.41) is 4.21. The standard InChI is InChI=1S/C26H25FN6O3/c27-21-9-4-8-20(14-21)18-36-22-15-31(13-10-19-6-2-1-3-7-19)23(34)17-32(16-22)25(35)24-29-26-28-11-5-12-33(26)30-24/h1-9,11-12,14,22H,10,13,15-18H2/t22-/m1/s1. The molecule has 9 nitrogen and oxygen atoms in total. The molecular weight excluding hydrogens is 463 g/mol. The van der Waals surface area contributed by atoms with Gasteiger partial charge in [-0.05, 0) is 35.7 Å². The molecule has 3 heterocycles. The predicted octanol–water partition coefficient (Wildman–Crippen LogP) is 2.38. The third-order valence-corrected chi connectivity index (χ3v) is 6.01. The molecule has 1 saturated heterocycles. The van der Waals surface area contributed by atoms with Gasteiger partial charge in [0.25, 0.3) is 11.7 Å². The van der Waals surface area contributed by atoms with Crippen LogP contribution in [0.25, 0.3) is 5.78 Å². The lowest BCUT2D eigenvalue weighted by molar-refractivity contribution is -0.131. The van der Waals surface area contributed by atoms with Gasteiger partial charge < -0.3 is 14.5 Å². The average molecular weight is 489 g/mol. The highest BCUT2D eigenvalue weighted by atomic mass is 19.1. The number of hydrogen-bond acceptors (Lipinski definition) is 6. The van der Waals surface area contributed by atoms with Crippen molar-refractivity contribution in [3.63, 3.8) is 0 Å². The largest absolute Gasteiger partial charge is 0.370 e. The summed E-state index contributed by atoms with van der Waals surface area (Å²) in [7, 11) is 0. The maximum absolute atomic E-state index is 13.6. The fourth-order valence-corrected chi connectivity index (χ4v) is 4.17. The number of rotatable bonds is 7. The molecule has 0 aliphatic carbocycles. The van der Waals surface area contributed by atoms with Crippen molar-refractivity contribution in [2.45, 2.75) is 19.1 Å². The first-order valence-electron chi connectivity index (χ1n) is 11.7. The summed E-state index contributed by atoms with van der Waals surface area (Å²) in [6, 6.07) is 17.8. The molecule has 0 saturated carbocycles. The lowest BCUT2D eigenvalue weighted by Gasteiger charge is -2.24. The predicted molar refractivity (Wildman–Crippen MR) is 128 cm³/mol. The van der Waals surface area contributed by atoms with E-state index >= 15 is 0 Å². The third-order valence-electron chi connectivity index (χ3n) is 6.01. The van der Waals surface area contributed by atoms with Gasteiger partial charge in [0, 0.05) is 32.0 Å². The third kappa shape index (κ3) is 5.55. The van der Waals surface area contributed by atoms with E-state index in [1.807, 2.05) is 30.3 Å². The van der Waals surface area contributed by atoms with Gasteiger partial charge in [0.15, 0.2) is 0 Å². The van der Waals surface area contributed by atoms with Crippen molar-refractivity contribution in [3.8, 4) is 0 Å². The van der Waals surface area contributed by atoms with Crippen molar-refractivity contribution in [2.75, 3.05) is 26.2 Å². The normalized spacial score (nSPS) is 16.4. The van der Waals surface area contributed by atoms with Gasteiger partial charge in [0.2, 0.25) is 11.7 Å². The summed E-state index contributed by atoms with van der Waals surface area (Å²) in [4.78, 5) is 37.9. The van der Waals surface area contributed by atoms with Crippen molar-refractivity contribution in [1.29, 1.82) is 0 Å².